The van der Waals surface area contributed by atoms with Gasteiger partial charge in [-0.1, -0.05) is 45.9 Å². The minimum Gasteiger partial charge on any atom is -0.416 e. The van der Waals surface area contributed by atoms with Crippen molar-refractivity contribution in [3.63, 3.8) is 0 Å². The first kappa shape index (κ1) is 21.9. The topological polar surface area (TPSA) is 41.6 Å². The van der Waals surface area contributed by atoms with Gasteiger partial charge in [0.15, 0.2) is 8.32 Å². The lowest BCUT2D eigenvalue weighted by molar-refractivity contribution is -0.117. The quantitative estimate of drug-likeness (QED) is 0.686. The predicted molar refractivity (Wildman–Crippen MR) is 110 cm³/mol. The predicted octanol–water partition coefficient (Wildman–Crippen LogP) is 4.59. The molecule has 0 saturated heterocycles. The molecule has 0 fully saturated rings. The number of nitrogens with zero attached hydrogens (tertiary/aromatic N) is 1. The maximum absolute atomic E-state index is 12.4. The minimum atomic E-state index is -1.73. The van der Waals surface area contributed by atoms with Crippen molar-refractivity contribution in [2.75, 3.05) is 31.6 Å². The van der Waals surface area contributed by atoms with E-state index >= 15 is 0 Å². The molecule has 0 unspecified atom stereocenters. The molecule has 5 heteroatoms. The number of nitrogens with one attached hydrogen (secondary N) is 1. The van der Waals surface area contributed by atoms with Gasteiger partial charge in [0.05, 0.1) is 6.54 Å². The fraction of sp³-hybridized carbons (Fsp3) is 0.650. The van der Waals surface area contributed by atoms with Crippen LogP contribution in [0, 0.1) is 13.8 Å². The summed E-state index contributed by atoms with van der Waals surface area (Å²) >= 11 is 0. The van der Waals surface area contributed by atoms with Crippen LogP contribution in [0.25, 0.3) is 0 Å². The van der Waals surface area contributed by atoms with Crippen LogP contribution in [-0.2, 0) is 9.22 Å². The fourth-order valence-electron chi connectivity index (χ4n) is 2.39. The van der Waals surface area contributed by atoms with Crippen molar-refractivity contribution < 1.29 is 9.22 Å². The van der Waals surface area contributed by atoms with Crippen LogP contribution >= 0.6 is 0 Å². The molecular formula is C20H36N2O2Si. The molecule has 25 heavy (non-hydrogen) atoms. The number of anilines is 1. The Morgan fingerprint density at radius 1 is 1.20 bits per heavy atom. The standard InChI is InChI=1S/C20H36N2O2Si/c1-9-22(13-14-24-25(7,8)20(4,5)6)15-18(23)21-19-16(2)11-10-12-17(19)3/h10-12H,9,13-15H2,1-8H3,(H,21,23). The van der Waals surface area contributed by atoms with Crippen LogP contribution in [0.15, 0.2) is 18.2 Å². The van der Waals surface area contributed by atoms with Gasteiger partial charge in [-0.25, -0.2) is 0 Å². The first-order valence-electron chi connectivity index (χ1n) is 9.20. The zero-order chi connectivity index (χ0) is 19.3. The number of amides is 1. The Labute approximate surface area is 155 Å². The van der Waals surface area contributed by atoms with Gasteiger partial charge in [0.25, 0.3) is 0 Å². The SMILES string of the molecule is CCN(CCO[Si](C)(C)C(C)(C)C)CC(=O)Nc1c(C)cccc1C. The van der Waals surface area contributed by atoms with Crippen molar-refractivity contribution >= 4 is 19.9 Å². The summed E-state index contributed by atoms with van der Waals surface area (Å²) < 4.78 is 6.23. The highest BCUT2D eigenvalue weighted by atomic mass is 28.4. The van der Waals surface area contributed by atoms with Crippen LogP contribution in [0.4, 0.5) is 5.69 Å². The number of carbonyl (C=O) groups excluding carboxylic acids is 1. The fourth-order valence-corrected chi connectivity index (χ4v) is 3.42. The monoisotopic (exact) mass is 364 g/mol. The van der Waals surface area contributed by atoms with Crippen LogP contribution in [0.2, 0.25) is 18.1 Å². The van der Waals surface area contributed by atoms with E-state index in [2.05, 4.69) is 51.0 Å². The summed E-state index contributed by atoms with van der Waals surface area (Å²) in [5.41, 5.74) is 3.12. The molecule has 0 aliphatic rings. The molecule has 4 nitrogen and oxygen atoms in total. The van der Waals surface area contributed by atoms with E-state index in [0.717, 1.165) is 29.9 Å². The van der Waals surface area contributed by atoms with E-state index < -0.39 is 8.32 Å². The molecule has 0 bridgehead atoms. The molecule has 0 aliphatic heterocycles. The number of rotatable bonds is 8. The second-order valence-electron chi connectivity index (χ2n) is 8.29. The van der Waals surface area contributed by atoms with Gasteiger partial charge in [0.2, 0.25) is 5.91 Å². The smallest absolute Gasteiger partial charge is 0.238 e. The summed E-state index contributed by atoms with van der Waals surface area (Å²) in [6, 6.07) is 6.05. The van der Waals surface area contributed by atoms with Crippen molar-refractivity contribution in [3.05, 3.63) is 29.3 Å². The zero-order valence-corrected chi connectivity index (χ0v) is 18.3. The number of para-hydroxylation sites is 1. The minimum absolute atomic E-state index is 0.0339. The molecule has 0 spiro atoms. The van der Waals surface area contributed by atoms with Gasteiger partial charge in [0, 0.05) is 18.8 Å². The molecule has 0 aromatic heterocycles. The largest absolute Gasteiger partial charge is 0.416 e. The van der Waals surface area contributed by atoms with Crippen LogP contribution in [0.1, 0.15) is 38.8 Å². The average Bonchev–Trinajstić information content (AvgIpc) is 2.48. The molecule has 1 N–H and O–H groups in total. The molecule has 0 atom stereocenters. The Balaban J connectivity index is 2.54. The molecule has 0 aliphatic carbocycles. The van der Waals surface area contributed by atoms with E-state index in [1.54, 1.807) is 0 Å². The highest BCUT2D eigenvalue weighted by molar-refractivity contribution is 6.74. The third-order valence-corrected chi connectivity index (χ3v) is 9.77. The molecule has 0 heterocycles. The van der Waals surface area contributed by atoms with Crippen molar-refractivity contribution in [1.29, 1.82) is 0 Å². The second kappa shape index (κ2) is 8.97. The summed E-state index contributed by atoms with van der Waals surface area (Å²) in [7, 11) is -1.73. The van der Waals surface area contributed by atoms with E-state index in [1.165, 1.54) is 0 Å². The Morgan fingerprint density at radius 3 is 2.24 bits per heavy atom. The van der Waals surface area contributed by atoms with Crippen molar-refractivity contribution in [2.45, 2.75) is 59.7 Å². The summed E-state index contributed by atoms with van der Waals surface area (Å²) in [6.07, 6.45) is 0. The Hall–Kier alpha value is -1.17. The van der Waals surface area contributed by atoms with E-state index in [-0.39, 0.29) is 10.9 Å². The lowest BCUT2D eigenvalue weighted by Crippen LogP contribution is -2.43. The average molecular weight is 365 g/mol. The Kier molecular flexibility index (Phi) is 7.84. The van der Waals surface area contributed by atoms with Crippen molar-refractivity contribution in [1.82, 2.24) is 4.90 Å². The van der Waals surface area contributed by atoms with E-state index in [1.807, 2.05) is 32.0 Å². The van der Waals surface area contributed by atoms with Crippen molar-refractivity contribution in [3.8, 4) is 0 Å². The molecule has 1 aromatic rings. The van der Waals surface area contributed by atoms with Crippen molar-refractivity contribution in [2.24, 2.45) is 0 Å². The summed E-state index contributed by atoms with van der Waals surface area (Å²) in [5, 5.41) is 3.27. The maximum Gasteiger partial charge on any atom is 0.238 e. The van der Waals surface area contributed by atoms with Crippen LogP contribution in [0.5, 0.6) is 0 Å². The van der Waals surface area contributed by atoms with Gasteiger partial charge in [-0.05, 0) is 49.7 Å². The highest BCUT2D eigenvalue weighted by Crippen LogP contribution is 2.36. The first-order chi connectivity index (χ1) is 11.5. The number of hydrogen-bond acceptors (Lipinski definition) is 3. The number of benzene rings is 1. The van der Waals surface area contributed by atoms with E-state index in [4.69, 9.17) is 4.43 Å². The van der Waals surface area contributed by atoms with Gasteiger partial charge < -0.3 is 9.74 Å². The van der Waals surface area contributed by atoms with Gasteiger partial charge in [-0.2, -0.15) is 0 Å². The van der Waals surface area contributed by atoms with Crippen LogP contribution < -0.4 is 5.32 Å². The molecule has 1 rings (SSSR count). The van der Waals surface area contributed by atoms with Gasteiger partial charge in [0.1, 0.15) is 0 Å². The molecule has 1 amide bonds. The molecular weight excluding hydrogens is 328 g/mol. The number of aryl methyl sites for hydroxylation is 2. The summed E-state index contributed by atoms with van der Waals surface area (Å²) in [4.78, 5) is 14.6. The molecule has 1 aromatic carbocycles. The molecule has 142 valence electrons. The Bertz CT molecular complexity index is 559. The zero-order valence-electron chi connectivity index (χ0n) is 17.3. The van der Waals surface area contributed by atoms with Gasteiger partial charge in [-0.15, -0.1) is 0 Å². The van der Waals surface area contributed by atoms with Crippen LogP contribution in [-0.4, -0.2) is 45.4 Å². The number of carbonyl (C=O) groups is 1. The van der Waals surface area contributed by atoms with Gasteiger partial charge in [-0.3, -0.25) is 9.69 Å². The maximum atomic E-state index is 12.4. The molecule has 0 radical (unpaired) electrons. The van der Waals surface area contributed by atoms with Crippen LogP contribution in [0.3, 0.4) is 0 Å². The normalized spacial score (nSPS) is 12.5. The molecule has 0 saturated carbocycles. The third kappa shape index (κ3) is 6.57. The Morgan fingerprint density at radius 2 is 1.76 bits per heavy atom. The third-order valence-electron chi connectivity index (χ3n) is 5.24. The summed E-state index contributed by atoms with van der Waals surface area (Å²) in [6.45, 7) is 20.1. The van der Waals surface area contributed by atoms with E-state index in [0.29, 0.717) is 13.2 Å². The summed E-state index contributed by atoms with van der Waals surface area (Å²) in [5.74, 6) is 0.0339. The first-order valence-corrected chi connectivity index (χ1v) is 12.1. The lowest BCUT2D eigenvalue weighted by Gasteiger charge is -2.36. The lowest BCUT2D eigenvalue weighted by atomic mass is 10.1. The van der Waals surface area contributed by atoms with Gasteiger partial charge >= 0.3 is 0 Å². The number of hydrogen-bond donors (Lipinski definition) is 1. The number of likely N-dealkylation sites (N-methyl/N-ethyl adjacent to an activating group) is 1. The second-order valence-corrected chi connectivity index (χ2v) is 13.1. The van der Waals surface area contributed by atoms with E-state index in [9.17, 15) is 4.79 Å². The highest BCUT2D eigenvalue weighted by Gasteiger charge is 2.36.